The zero-order valence-electron chi connectivity index (χ0n) is 23.7. The average molecular weight is 585 g/mol. The second kappa shape index (κ2) is 11.4. The molecule has 1 aliphatic heterocycles. The van der Waals surface area contributed by atoms with Crippen molar-refractivity contribution in [2.45, 2.75) is 13.8 Å². The summed E-state index contributed by atoms with van der Waals surface area (Å²) in [5.74, 6) is -2.41. The van der Waals surface area contributed by atoms with Crippen LogP contribution in [0.2, 0.25) is 0 Å². The fraction of sp³-hybridized carbons (Fsp3) is 0.0857. The van der Waals surface area contributed by atoms with Gasteiger partial charge >= 0.3 is 11.9 Å². The van der Waals surface area contributed by atoms with Crippen LogP contribution >= 0.6 is 0 Å². The molecule has 9 heteroatoms. The van der Waals surface area contributed by atoms with Crippen molar-refractivity contribution in [1.29, 1.82) is 0 Å². The van der Waals surface area contributed by atoms with E-state index in [-0.39, 0.29) is 28.1 Å². The highest BCUT2D eigenvalue weighted by molar-refractivity contribution is 6.37. The van der Waals surface area contributed by atoms with Crippen LogP contribution in [0.15, 0.2) is 97.1 Å². The number of nitrogens with zero attached hydrogens (tertiary/aromatic N) is 2. The van der Waals surface area contributed by atoms with E-state index >= 15 is 0 Å². The SMILES string of the molecule is Cc1ccc(C(=O)Oc2ccc(C(=O)COC(=O)c3ccc(N4C(=O)c5c(C)nc6ccccc6c5C4=O)cc3)cc2)cc1. The van der Waals surface area contributed by atoms with E-state index in [4.69, 9.17) is 9.47 Å². The Morgan fingerprint density at radius 3 is 1.98 bits per heavy atom. The number of hydrogen-bond donors (Lipinski definition) is 0. The van der Waals surface area contributed by atoms with Gasteiger partial charge in [-0.1, -0.05) is 35.9 Å². The predicted octanol–water partition coefficient (Wildman–Crippen LogP) is 5.91. The highest BCUT2D eigenvalue weighted by Gasteiger charge is 2.40. The summed E-state index contributed by atoms with van der Waals surface area (Å²) in [6.07, 6.45) is 0. The fourth-order valence-electron chi connectivity index (χ4n) is 4.98. The highest BCUT2D eigenvalue weighted by atomic mass is 16.5. The summed E-state index contributed by atoms with van der Waals surface area (Å²) in [7, 11) is 0. The zero-order valence-corrected chi connectivity index (χ0v) is 23.7. The third-order valence-corrected chi connectivity index (χ3v) is 7.28. The van der Waals surface area contributed by atoms with Gasteiger partial charge in [0, 0.05) is 10.9 Å². The number of anilines is 1. The van der Waals surface area contributed by atoms with Gasteiger partial charge in [0.25, 0.3) is 11.8 Å². The molecule has 0 aliphatic carbocycles. The molecule has 0 spiro atoms. The molecule has 6 rings (SSSR count). The molecule has 2 amide bonds. The molecule has 2 heterocycles. The summed E-state index contributed by atoms with van der Waals surface area (Å²) in [5.41, 5.74) is 3.76. The van der Waals surface area contributed by atoms with Gasteiger partial charge in [-0.2, -0.15) is 0 Å². The first kappa shape index (κ1) is 28.2. The number of carbonyl (C=O) groups excluding carboxylic acids is 5. The van der Waals surface area contributed by atoms with E-state index in [0.29, 0.717) is 27.7 Å². The Hall–Kier alpha value is -5.96. The van der Waals surface area contributed by atoms with Gasteiger partial charge in [0.15, 0.2) is 12.4 Å². The first-order valence-electron chi connectivity index (χ1n) is 13.7. The van der Waals surface area contributed by atoms with Gasteiger partial charge in [0.1, 0.15) is 5.75 Å². The Morgan fingerprint density at radius 2 is 1.27 bits per heavy atom. The molecule has 0 N–H and O–H groups in total. The molecule has 44 heavy (non-hydrogen) atoms. The van der Waals surface area contributed by atoms with Gasteiger partial charge in [-0.15, -0.1) is 0 Å². The number of amides is 2. The Bertz CT molecular complexity index is 1980. The Balaban J connectivity index is 1.08. The topological polar surface area (TPSA) is 120 Å². The number of pyridine rings is 1. The van der Waals surface area contributed by atoms with E-state index in [2.05, 4.69) is 4.98 Å². The number of Topliss-reactive ketones (excluding diaryl/α,β-unsaturated/α-hetero) is 1. The van der Waals surface area contributed by atoms with Crippen molar-refractivity contribution >= 4 is 46.1 Å². The molecular formula is C35H24N2O7. The molecule has 0 atom stereocenters. The molecule has 216 valence electrons. The van der Waals surface area contributed by atoms with E-state index in [1.165, 1.54) is 48.5 Å². The van der Waals surface area contributed by atoms with Crippen molar-refractivity contribution in [3.63, 3.8) is 0 Å². The summed E-state index contributed by atoms with van der Waals surface area (Å²) in [6.45, 7) is 3.09. The Labute approximate surface area is 251 Å². The zero-order chi connectivity index (χ0) is 31.0. The van der Waals surface area contributed by atoms with Crippen molar-refractivity contribution in [3.05, 3.63) is 136 Å². The molecule has 4 aromatic carbocycles. The number of carbonyl (C=O) groups is 5. The quantitative estimate of drug-likeness (QED) is 0.100. The Morgan fingerprint density at radius 1 is 0.682 bits per heavy atom. The molecule has 0 radical (unpaired) electrons. The number of ether oxygens (including phenoxy) is 2. The van der Waals surface area contributed by atoms with Crippen LogP contribution in [0, 0.1) is 13.8 Å². The lowest BCUT2D eigenvalue weighted by Gasteiger charge is -2.14. The van der Waals surface area contributed by atoms with E-state index in [1.807, 2.05) is 25.1 Å². The number of benzene rings is 4. The number of para-hydroxylation sites is 1. The minimum atomic E-state index is -0.748. The minimum absolute atomic E-state index is 0.139. The lowest BCUT2D eigenvalue weighted by molar-refractivity contribution is 0.0474. The highest BCUT2D eigenvalue weighted by Crippen LogP contribution is 2.34. The van der Waals surface area contributed by atoms with Gasteiger partial charge in [0.2, 0.25) is 0 Å². The third-order valence-electron chi connectivity index (χ3n) is 7.28. The predicted molar refractivity (Wildman–Crippen MR) is 161 cm³/mol. The number of fused-ring (bicyclic) bond motifs is 3. The third kappa shape index (κ3) is 5.22. The number of esters is 2. The van der Waals surface area contributed by atoms with Crippen molar-refractivity contribution < 1.29 is 33.4 Å². The van der Waals surface area contributed by atoms with Crippen LogP contribution in [0.4, 0.5) is 5.69 Å². The monoisotopic (exact) mass is 584 g/mol. The van der Waals surface area contributed by atoms with E-state index in [0.717, 1.165) is 10.5 Å². The summed E-state index contributed by atoms with van der Waals surface area (Å²) in [5, 5.41) is 0.594. The minimum Gasteiger partial charge on any atom is -0.454 e. The van der Waals surface area contributed by atoms with Crippen LogP contribution in [0.1, 0.15) is 63.0 Å². The molecule has 9 nitrogen and oxygen atoms in total. The first-order valence-corrected chi connectivity index (χ1v) is 13.7. The molecule has 0 unspecified atom stereocenters. The largest absolute Gasteiger partial charge is 0.454 e. The molecule has 0 fully saturated rings. The number of aromatic nitrogens is 1. The van der Waals surface area contributed by atoms with Crippen molar-refractivity contribution in [1.82, 2.24) is 4.98 Å². The van der Waals surface area contributed by atoms with Crippen molar-refractivity contribution in [2.75, 3.05) is 11.5 Å². The molecule has 1 aliphatic rings. The number of ketones is 1. The molecule has 5 aromatic rings. The summed E-state index contributed by atoms with van der Waals surface area (Å²) < 4.78 is 10.5. The number of aryl methyl sites for hydroxylation is 2. The molecule has 0 saturated carbocycles. The second-order valence-electron chi connectivity index (χ2n) is 10.2. The van der Waals surface area contributed by atoms with Gasteiger partial charge in [0.05, 0.1) is 39.2 Å². The summed E-state index contributed by atoms with van der Waals surface area (Å²) in [4.78, 5) is 69.8. The molecule has 0 saturated heterocycles. The maximum absolute atomic E-state index is 13.4. The van der Waals surface area contributed by atoms with E-state index < -0.39 is 36.1 Å². The standard InChI is InChI=1S/C35H24N2O7/c1-20-7-9-24(10-8-20)35(42)44-26-17-13-22(14-18-26)29(38)19-43-34(41)23-11-15-25(16-12-23)37-32(39)30-21(2)36-28-6-4-3-5-27(28)31(30)33(37)40/h3-18H,19H2,1-2H3. The maximum atomic E-state index is 13.4. The van der Waals surface area contributed by atoms with Crippen LogP contribution in [0.25, 0.3) is 10.9 Å². The Kier molecular flexibility index (Phi) is 7.28. The van der Waals surface area contributed by atoms with Gasteiger partial charge in [-0.05, 0) is 80.6 Å². The van der Waals surface area contributed by atoms with Crippen LogP contribution < -0.4 is 9.64 Å². The summed E-state index contributed by atoms with van der Waals surface area (Å²) >= 11 is 0. The van der Waals surface area contributed by atoms with Gasteiger partial charge in [-0.3, -0.25) is 19.4 Å². The first-order chi connectivity index (χ1) is 21.2. The normalized spacial score (nSPS) is 12.3. The number of rotatable bonds is 7. The average Bonchev–Trinajstić information content (AvgIpc) is 3.30. The fourth-order valence-corrected chi connectivity index (χ4v) is 4.98. The second-order valence-corrected chi connectivity index (χ2v) is 10.2. The lowest BCUT2D eigenvalue weighted by Crippen LogP contribution is -2.29. The lowest BCUT2D eigenvalue weighted by atomic mass is 10.0. The maximum Gasteiger partial charge on any atom is 0.343 e. The number of hydrogen-bond acceptors (Lipinski definition) is 8. The van der Waals surface area contributed by atoms with Crippen molar-refractivity contribution in [3.8, 4) is 5.75 Å². The molecule has 1 aromatic heterocycles. The van der Waals surface area contributed by atoms with Crippen LogP contribution in [-0.4, -0.2) is 41.1 Å². The number of imide groups is 1. The van der Waals surface area contributed by atoms with Gasteiger partial charge in [-0.25, -0.2) is 14.5 Å². The van der Waals surface area contributed by atoms with Crippen LogP contribution in [0.3, 0.4) is 0 Å². The van der Waals surface area contributed by atoms with Gasteiger partial charge < -0.3 is 9.47 Å². The molecular weight excluding hydrogens is 560 g/mol. The van der Waals surface area contributed by atoms with Crippen molar-refractivity contribution in [2.24, 2.45) is 0 Å². The smallest absolute Gasteiger partial charge is 0.343 e. The van der Waals surface area contributed by atoms with E-state index in [1.54, 1.807) is 37.3 Å². The van der Waals surface area contributed by atoms with Crippen LogP contribution in [0.5, 0.6) is 5.75 Å². The van der Waals surface area contributed by atoms with E-state index in [9.17, 15) is 24.0 Å². The summed E-state index contributed by atoms with van der Waals surface area (Å²) in [6, 6.07) is 25.8. The molecule has 0 bridgehead atoms. The van der Waals surface area contributed by atoms with Crippen LogP contribution in [-0.2, 0) is 4.74 Å².